The predicted octanol–water partition coefficient (Wildman–Crippen LogP) is 5.35. The summed E-state index contributed by atoms with van der Waals surface area (Å²) in [5.41, 5.74) is 7.09. The molecule has 0 aliphatic rings. The van der Waals surface area contributed by atoms with E-state index in [1.54, 1.807) is 6.07 Å². The van der Waals surface area contributed by atoms with Crippen molar-refractivity contribution in [1.29, 1.82) is 0 Å². The van der Waals surface area contributed by atoms with Crippen molar-refractivity contribution >= 4 is 51.2 Å². The van der Waals surface area contributed by atoms with E-state index in [1.165, 1.54) is 48.9 Å². The summed E-state index contributed by atoms with van der Waals surface area (Å²) in [5.74, 6) is -1.36. The predicted molar refractivity (Wildman–Crippen MR) is 151 cm³/mol. The molecule has 0 aliphatic carbocycles. The second kappa shape index (κ2) is 15.2. The molecule has 9 nitrogen and oxygen atoms in total. The van der Waals surface area contributed by atoms with Crippen molar-refractivity contribution in [3.8, 4) is 11.1 Å². The Morgan fingerprint density at radius 1 is 1.18 bits per heavy atom. The molecule has 1 heterocycles. The van der Waals surface area contributed by atoms with Gasteiger partial charge >= 0.3 is 0 Å². The Morgan fingerprint density at radius 3 is 2.61 bits per heavy atom. The van der Waals surface area contributed by atoms with Gasteiger partial charge in [0.05, 0.1) is 29.0 Å². The summed E-state index contributed by atoms with van der Waals surface area (Å²) in [4.78, 5) is 24.3. The number of anilines is 4. The maximum absolute atomic E-state index is 14.7. The molecule has 0 spiro atoms. The van der Waals surface area contributed by atoms with Crippen LogP contribution in [0.25, 0.3) is 11.1 Å². The van der Waals surface area contributed by atoms with Gasteiger partial charge in [0.25, 0.3) is 0 Å². The quantitative estimate of drug-likeness (QED) is 0.159. The van der Waals surface area contributed by atoms with E-state index in [9.17, 15) is 13.6 Å². The summed E-state index contributed by atoms with van der Waals surface area (Å²) < 4.78 is 29.2. The molecular weight excluding hydrogens is 560 g/mol. The van der Waals surface area contributed by atoms with Crippen molar-refractivity contribution in [2.45, 2.75) is 13.8 Å². The summed E-state index contributed by atoms with van der Waals surface area (Å²) in [5, 5.41) is 17.2. The fourth-order valence-electron chi connectivity index (χ4n) is 2.90. The van der Waals surface area contributed by atoms with E-state index in [0.717, 1.165) is 6.08 Å². The zero-order valence-electron chi connectivity index (χ0n) is 20.8. The Morgan fingerprint density at radius 2 is 1.95 bits per heavy atom. The number of aliphatic hydroxyl groups is 1. The van der Waals surface area contributed by atoms with Crippen LogP contribution in [-0.4, -0.2) is 40.3 Å². The number of hydrogen-bond donors (Lipinski definition) is 5. The molecule has 0 saturated heterocycles. The first-order chi connectivity index (χ1) is 18.3. The topological polar surface area (TPSA) is 138 Å². The van der Waals surface area contributed by atoms with Gasteiger partial charge in [0, 0.05) is 29.9 Å². The number of hydrogen-bond acceptors (Lipinski definition) is 8. The van der Waals surface area contributed by atoms with E-state index < -0.39 is 17.5 Å². The van der Waals surface area contributed by atoms with Gasteiger partial charge in [-0.05, 0) is 57.9 Å². The van der Waals surface area contributed by atoms with Crippen molar-refractivity contribution in [2.24, 2.45) is 10.7 Å². The van der Waals surface area contributed by atoms with Crippen LogP contribution in [0.4, 0.5) is 31.9 Å². The molecule has 6 N–H and O–H groups in total. The van der Waals surface area contributed by atoms with Gasteiger partial charge in [0.1, 0.15) is 17.5 Å². The third kappa shape index (κ3) is 8.46. The zero-order valence-corrected chi connectivity index (χ0v) is 22.4. The smallest absolute Gasteiger partial charge is 0.247 e. The Bertz CT molecular complexity index is 1330. The lowest BCUT2D eigenvalue weighted by Gasteiger charge is -2.15. The van der Waals surface area contributed by atoms with Gasteiger partial charge in [-0.2, -0.15) is 4.98 Å². The lowest BCUT2D eigenvalue weighted by molar-refractivity contribution is -0.111. The highest BCUT2D eigenvalue weighted by Crippen LogP contribution is 2.33. The van der Waals surface area contributed by atoms with Gasteiger partial charge in [-0.3, -0.25) is 9.79 Å². The van der Waals surface area contributed by atoms with Crippen LogP contribution in [0.2, 0.25) is 0 Å². The largest absolute Gasteiger partial charge is 0.403 e. The molecule has 0 saturated carbocycles. The van der Waals surface area contributed by atoms with Crippen LogP contribution in [0, 0.1) is 11.6 Å². The number of carbonyl (C=O) groups is 1. The van der Waals surface area contributed by atoms with Crippen LogP contribution >= 0.6 is 15.9 Å². The summed E-state index contributed by atoms with van der Waals surface area (Å²) in [6, 6.07) is 8.40. The van der Waals surface area contributed by atoms with Gasteiger partial charge in [-0.15, -0.1) is 0 Å². The molecular formula is C26H28BrF2N7O2. The highest BCUT2D eigenvalue weighted by molar-refractivity contribution is 9.10. The van der Waals surface area contributed by atoms with Crippen LogP contribution < -0.4 is 21.7 Å². The summed E-state index contributed by atoms with van der Waals surface area (Å²) in [6.07, 6.45) is 5.16. The van der Waals surface area contributed by atoms with Gasteiger partial charge in [-0.25, -0.2) is 13.8 Å². The SMILES string of the molecule is C=CC(=O)Nc1ccc(F)c(Nc2nc(N/C(C=NCCO)=C/N)ncc2-c2ccc(Br)c(F)c2)c1.CC. The number of nitrogens with one attached hydrogen (secondary N) is 3. The van der Waals surface area contributed by atoms with E-state index in [1.807, 2.05) is 13.8 Å². The number of amides is 1. The van der Waals surface area contributed by atoms with Crippen LogP contribution in [0.15, 0.2) is 76.6 Å². The summed E-state index contributed by atoms with van der Waals surface area (Å²) in [7, 11) is 0. The lowest BCUT2D eigenvalue weighted by Crippen LogP contribution is -2.10. The molecule has 0 unspecified atom stereocenters. The maximum atomic E-state index is 14.7. The lowest BCUT2D eigenvalue weighted by atomic mass is 10.1. The molecule has 200 valence electrons. The van der Waals surface area contributed by atoms with E-state index in [-0.39, 0.29) is 35.1 Å². The van der Waals surface area contributed by atoms with Crippen molar-refractivity contribution in [2.75, 3.05) is 29.1 Å². The minimum absolute atomic E-state index is 0.000514. The monoisotopic (exact) mass is 587 g/mol. The number of nitrogens with zero attached hydrogens (tertiary/aromatic N) is 3. The van der Waals surface area contributed by atoms with E-state index in [4.69, 9.17) is 10.8 Å². The summed E-state index contributed by atoms with van der Waals surface area (Å²) in [6.45, 7) is 7.44. The number of rotatable bonds is 10. The van der Waals surface area contributed by atoms with Crippen molar-refractivity contribution in [1.82, 2.24) is 9.97 Å². The number of allylic oxidation sites excluding steroid dienone is 1. The molecule has 0 radical (unpaired) electrons. The average Bonchev–Trinajstić information content (AvgIpc) is 2.93. The van der Waals surface area contributed by atoms with Crippen molar-refractivity contribution in [3.63, 3.8) is 0 Å². The second-order valence-corrected chi connectivity index (χ2v) is 7.96. The minimum atomic E-state index is -0.619. The molecule has 0 aliphatic heterocycles. The number of carbonyl (C=O) groups excluding carboxylic acids is 1. The number of aromatic nitrogens is 2. The molecule has 1 aromatic heterocycles. The number of aliphatic imine (C=N–C) groups is 1. The molecule has 0 bridgehead atoms. The Labute approximate surface area is 227 Å². The summed E-state index contributed by atoms with van der Waals surface area (Å²) >= 11 is 3.12. The molecule has 0 atom stereocenters. The number of benzene rings is 2. The van der Waals surface area contributed by atoms with Crippen LogP contribution in [0.1, 0.15) is 13.8 Å². The Hall–Kier alpha value is -4.16. The van der Waals surface area contributed by atoms with Gasteiger partial charge in [0.15, 0.2) is 0 Å². The van der Waals surface area contributed by atoms with E-state index in [0.29, 0.717) is 22.5 Å². The Kier molecular flexibility index (Phi) is 12.0. The second-order valence-electron chi connectivity index (χ2n) is 7.10. The fourth-order valence-corrected chi connectivity index (χ4v) is 3.15. The zero-order chi connectivity index (χ0) is 28.1. The average molecular weight is 588 g/mol. The highest BCUT2D eigenvalue weighted by Gasteiger charge is 2.15. The van der Waals surface area contributed by atoms with Crippen molar-refractivity contribution < 1.29 is 18.7 Å². The Balaban J connectivity index is 0.00000247. The normalized spacial score (nSPS) is 10.9. The molecule has 3 aromatic rings. The first-order valence-corrected chi connectivity index (χ1v) is 12.3. The van der Waals surface area contributed by atoms with E-state index in [2.05, 4.69) is 53.4 Å². The molecule has 3 rings (SSSR count). The molecule has 0 fully saturated rings. The number of halogens is 3. The first kappa shape index (κ1) is 30.1. The number of aliphatic hydroxyl groups excluding tert-OH is 1. The van der Waals surface area contributed by atoms with Crippen LogP contribution in [0.3, 0.4) is 0 Å². The van der Waals surface area contributed by atoms with E-state index >= 15 is 0 Å². The highest BCUT2D eigenvalue weighted by atomic mass is 79.9. The standard InChI is InChI=1S/C24H22BrF2N7O2.C2H6/c1-2-22(36)31-15-4-6-19(26)21(10-15)33-23-17(14-3-5-18(25)20(27)9-14)13-30-24(34-23)32-16(11-28)12-29-7-8-35;1-2/h2-6,9-13,35H,1,7-8,28H2,(H,31,36)(H2,30,32,33,34);1-2H3/b16-11+,29-12?;. The molecule has 38 heavy (non-hydrogen) atoms. The van der Waals surface area contributed by atoms with Gasteiger partial charge < -0.3 is 26.8 Å². The molecule has 2 aromatic carbocycles. The fraction of sp³-hybridized carbons (Fsp3) is 0.154. The maximum Gasteiger partial charge on any atom is 0.247 e. The van der Waals surface area contributed by atoms with Crippen LogP contribution in [0.5, 0.6) is 0 Å². The molecule has 12 heteroatoms. The number of nitrogens with two attached hydrogens (primary N) is 1. The van der Waals surface area contributed by atoms with Gasteiger partial charge in [-0.1, -0.05) is 26.5 Å². The third-order valence-corrected chi connectivity index (χ3v) is 5.23. The minimum Gasteiger partial charge on any atom is -0.403 e. The van der Waals surface area contributed by atoms with Gasteiger partial charge in [0.2, 0.25) is 11.9 Å². The molecule has 1 amide bonds. The van der Waals surface area contributed by atoms with Crippen molar-refractivity contribution in [3.05, 3.63) is 83.3 Å². The third-order valence-electron chi connectivity index (χ3n) is 4.59. The first-order valence-electron chi connectivity index (χ1n) is 11.5. The van der Waals surface area contributed by atoms with Crippen LogP contribution in [-0.2, 0) is 4.79 Å².